The maximum atomic E-state index is 11.0. The van der Waals surface area contributed by atoms with E-state index in [9.17, 15) is 14.8 Å². The SMILES string of the molecule is O=P(O)(O)CO[C@H]1O[C@@H](n2ncc3c(NC4CCCC4)nc(Cl)nc32)[C@H](O)[C@@H]1O. The van der Waals surface area contributed by atoms with Crippen LogP contribution < -0.4 is 5.32 Å². The molecule has 4 atom stereocenters. The highest BCUT2D eigenvalue weighted by Gasteiger charge is 2.46. The Labute approximate surface area is 170 Å². The summed E-state index contributed by atoms with van der Waals surface area (Å²) in [5.74, 6) is 0.514. The first-order valence-corrected chi connectivity index (χ1v) is 11.3. The number of nitrogens with zero attached hydrogens (tertiary/aromatic N) is 4. The fourth-order valence-corrected chi connectivity index (χ4v) is 4.10. The van der Waals surface area contributed by atoms with Gasteiger partial charge in [-0.3, -0.25) is 4.57 Å². The van der Waals surface area contributed by atoms with Crippen LogP contribution in [0.4, 0.5) is 5.82 Å². The molecule has 14 heteroatoms. The van der Waals surface area contributed by atoms with Crippen LogP contribution in [0.15, 0.2) is 6.20 Å². The molecule has 2 aromatic rings. The Morgan fingerprint density at radius 1 is 1.28 bits per heavy atom. The lowest BCUT2D eigenvalue weighted by molar-refractivity contribution is -0.169. The van der Waals surface area contributed by atoms with E-state index in [-0.39, 0.29) is 17.0 Å². The van der Waals surface area contributed by atoms with Crippen LogP contribution >= 0.6 is 19.2 Å². The minimum absolute atomic E-state index is 0.0259. The standard InChI is InChI=1S/C15H21ClN5O7P/c16-15-19-11(18-7-3-1-2-4-7)8-5-17-21(12(8)20-15)13-9(22)10(23)14(28-13)27-6-29(24,25)26/h5,7,9-10,13-14,22-23H,1-4,6H2,(H,18,19,20)(H2,24,25,26)/t9-,10+,13-,14+/m1/s1. The Morgan fingerprint density at radius 2 is 2.00 bits per heavy atom. The zero-order chi connectivity index (χ0) is 20.8. The molecule has 0 radical (unpaired) electrons. The number of anilines is 1. The van der Waals surface area contributed by atoms with Crippen LogP contribution in [0.1, 0.15) is 31.9 Å². The molecule has 0 unspecified atom stereocenters. The van der Waals surface area contributed by atoms with Gasteiger partial charge in [0.1, 0.15) is 18.0 Å². The van der Waals surface area contributed by atoms with E-state index in [0.717, 1.165) is 25.7 Å². The largest absolute Gasteiger partial charge is 0.385 e. The minimum atomic E-state index is -4.48. The Kier molecular flexibility index (Phi) is 5.79. The van der Waals surface area contributed by atoms with E-state index in [1.165, 1.54) is 10.9 Å². The third kappa shape index (κ3) is 4.39. The second kappa shape index (κ2) is 8.05. The molecule has 1 saturated heterocycles. The van der Waals surface area contributed by atoms with Gasteiger partial charge in [-0.05, 0) is 24.4 Å². The lowest BCUT2D eigenvalue weighted by Gasteiger charge is -2.16. The summed E-state index contributed by atoms with van der Waals surface area (Å²) in [4.78, 5) is 26.3. The molecule has 12 nitrogen and oxygen atoms in total. The van der Waals surface area contributed by atoms with Gasteiger partial charge < -0.3 is 34.8 Å². The van der Waals surface area contributed by atoms with Crippen molar-refractivity contribution in [3.05, 3.63) is 11.5 Å². The van der Waals surface area contributed by atoms with Crippen LogP contribution in [0.5, 0.6) is 0 Å². The van der Waals surface area contributed by atoms with Crippen molar-refractivity contribution in [3.63, 3.8) is 0 Å². The highest BCUT2D eigenvalue weighted by Crippen LogP contribution is 2.38. The summed E-state index contributed by atoms with van der Waals surface area (Å²) in [6, 6.07) is 0.271. The van der Waals surface area contributed by atoms with E-state index in [4.69, 9.17) is 30.9 Å². The number of rotatable bonds is 6. The first kappa shape index (κ1) is 20.9. The molecule has 1 aliphatic carbocycles. The zero-order valence-corrected chi connectivity index (χ0v) is 16.8. The zero-order valence-electron chi connectivity index (χ0n) is 15.1. The van der Waals surface area contributed by atoms with E-state index >= 15 is 0 Å². The van der Waals surface area contributed by atoms with Gasteiger partial charge in [-0.15, -0.1) is 0 Å². The molecule has 29 heavy (non-hydrogen) atoms. The maximum Gasteiger partial charge on any atom is 0.351 e. The van der Waals surface area contributed by atoms with Gasteiger partial charge in [0.15, 0.2) is 24.5 Å². The molecule has 160 valence electrons. The van der Waals surface area contributed by atoms with Crippen molar-refractivity contribution < 1.29 is 34.0 Å². The highest BCUT2D eigenvalue weighted by molar-refractivity contribution is 7.51. The number of aromatic nitrogens is 4. The van der Waals surface area contributed by atoms with Gasteiger partial charge in [-0.1, -0.05) is 12.8 Å². The number of fused-ring (bicyclic) bond motifs is 1. The average molecular weight is 450 g/mol. The van der Waals surface area contributed by atoms with Gasteiger partial charge in [-0.25, -0.2) is 4.68 Å². The van der Waals surface area contributed by atoms with Gasteiger partial charge in [0, 0.05) is 6.04 Å². The van der Waals surface area contributed by atoms with E-state index in [2.05, 4.69) is 20.4 Å². The van der Waals surface area contributed by atoms with E-state index < -0.39 is 38.7 Å². The van der Waals surface area contributed by atoms with Crippen molar-refractivity contribution in [2.75, 3.05) is 11.7 Å². The molecule has 4 rings (SSSR count). The molecule has 1 aliphatic heterocycles. The summed E-state index contributed by atoms with van der Waals surface area (Å²) >= 11 is 6.07. The Hall–Kier alpha value is -1.37. The normalized spacial score (nSPS) is 28.4. The third-order valence-corrected chi connectivity index (χ3v) is 5.62. The summed E-state index contributed by atoms with van der Waals surface area (Å²) in [5.41, 5.74) is 0.275. The van der Waals surface area contributed by atoms with Crippen molar-refractivity contribution in [1.82, 2.24) is 19.7 Å². The van der Waals surface area contributed by atoms with Gasteiger partial charge in [-0.2, -0.15) is 15.1 Å². The highest BCUT2D eigenvalue weighted by atomic mass is 35.5. The van der Waals surface area contributed by atoms with Crippen molar-refractivity contribution in [2.24, 2.45) is 0 Å². The fourth-order valence-electron chi connectivity index (χ4n) is 3.60. The maximum absolute atomic E-state index is 11.0. The van der Waals surface area contributed by atoms with E-state index in [1.807, 2.05) is 0 Å². The van der Waals surface area contributed by atoms with Crippen molar-refractivity contribution in [1.29, 1.82) is 0 Å². The van der Waals surface area contributed by atoms with Crippen LogP contribution in [-0.2, 0) is 14.0 Å². The molecule has 1 saturated carbocycles. The van der Waals surface area contributed by atoms with Crippen LogP contribution in [0.2, 0.25) is 5.28 Å². The van der Waals surface area contributed by atoms with Gasteiger partial charge in [0.25, 0.3) is 0 Å². The van der Waals surface area contributed by atoms with Gasteiger partial charge >= 0.3 is 7.60 Å². The summed E-state index contributed by atoms with van der Waals surface area (Å²) in [5, 5.41) is 28.6. The molecular formula is C15H21ClN5O7P. The molecule has 3 heterocycles. The molecule has 2 aliphatic rings. The Morgan fingerprint density at radius 3 is 2.69 bits per heavy atom. The Balaban J connectivity index is 1.60. The molecule has 0 spiro atoms. The summed E-state index contributed by atoms with van der Waals surface area (Å²) in [7, 11) is -4.48. The predicted octanol–water partition coefficient (Wildman–Crippen LogP) is 0.563. The number of nitrogens with one attached hydrogen (secondary N) is 1. The number of aliphatic hydroxyl groups excluding tert-OH is 2. The Bertz CT molecular complexity index is 933. The number of hydrogen-bond acceptors (Lipinski definition) is 9. The smallest absolute Gasteiger partial charge is 0.351 e. The molecule has 0 aromatic carbocycles. The van der Waals surface area contributed by atoms with E-state index in [0.29, 0.717) is 11.2 Å². The first-order chi connectivity index (χ1) is 13.7. The summed E-state index contributed by atoms with van der Waals surface area (Å²) < 4.78 is 22.6. The molecular weight excluding hydrogens is 429 g/mol. The molecule has 2 fully saturated rings. The second-order valence-corrected chi connectivity index (χ2v) is 9.06. The van der Waals surface area contributed by atoms with Gasteiger partial charge in [0.05, 0.1) is 11.6 Å². The third-order valence-electron chi connectivity index (χ3n) is 4.96. The number of hydrogen-bond donors (Lipinski definition) is 5. The summed E-state index contributed by atoms with van der Waals surface area (Å²) in [6.45, 7) is 0. The molecule has 5 N–H and O–H groups in total. The number of halogens is 1. The number of aliphatic hydroxyl groups is 2. The molecule has 0 bridgehead atoms. The monoisotopic (exact) mass is 449 g/mol. The quantitative estimate of drug-likeness (QED) is 0.308. The van der Waals surface area contributed by atoms with Crippen LogP contribution in [-0.4, -0.2) is 70.6 Å². The van der Waals surface area contributed by atoms with E-state index in [1.54, 1.807) is 0 Å². The van der Waals surface area contributed by atoms with Crippen LogP contribution in [0.25, 0.3) is 11.0 Å². The van der Waals surface area contributed by atoms with Crippen molar-refractivity contribution in [2.45, 2.75) is 56.5 Å². The lowest BCUT2D eigenvalue weighted by atomic mass is 10.2. The lowest BCUT2D eigenvalue weighted by Crippen LogP contribution is -2.33. The van der Waals surface area contributed by atoms with Gasteiger partial charge in [0.2, 0.25) is 5.28 Å². The molecule has 2 aromatic heterocycles. The van der Waals surface area contributed by atoms with Crippen LogP contribution in [0.3, 0.4) is 0 Å². The van der Waals surface area contributed by atoms with Crippen LogP contribution in [0, 0.1) is 0 Å². The second-order valence-electron chi connectivity index (χ2n) is 7.13. The molecule has 0 amide bonds. The first-order valence-electron chi connectivity index (χ1n) is 9.08. The average Bonchev–Trinajstić information content (AvgIpc) is 3.35. The predicted molar refractivity (Wildman–Crippen MR) is 100 cm³/mol. The fraction of sp³-hybridized carbons (Fsp3) is 0.667. The summed E-state index contributed by atoms with van der Waals surface area (Å²) in [6.07, 6.45) is -0.820. The minimum Gasteiger partial charge on any atom is -0.385 e. The van der Waals surface area contributed by atoms with Crippen molar-refractivity contribution in [3.8, 4) is 0 Å². The number of ether oxygens (including phenoxy) is 2. The van der Waals surface area contributed by atoms with Crippen molar-refractivity contribution >= 4 is 36.0 Å². The topological polar surface area (TPSA) is 172 Å².